The van der Waals surface area contributed by atoms with Gasteiger partial charge in [0.1, 0.15) is 13.7 Å². The Kier molecular flexibility index (Phi) is 7.19. The smallest absolute Gasteiger partial charge is 0.335 e. The van der Waals surface area contributed by atoms with Crippen molar-refractivity contribution in [2.24, 2.45) is 0 Å². The fraction of sp³-hybridized carbons (Fsp3) is 0.296. The molecule has 0 saturated heterocycles. The highest BCUT2D eigenvalue weighted by Crippen LogP contribution is 2.38. The minimum Gasteiger partial charge on any atom is -0.335 e. The lowest BCUT2D eigenvalue weighted by molar-refractivity contribution is -0.137. The molecule has 3 nitrogen and oxygen atoms in total. The second-order valence-corrected chi connectivity index (χ2v) is 9.24. The van der Waals surface area contributed by atoms with E-state index in [1.54, 1.807) is 12.1 Å². The molecule has 1 saturated carbocycles. The van der Waals surface area contributed by atoms with Gasteiger partial charge >= 0.3 is 12.2 Å². The first-order chi connectivity index (χ1) is 16.7. The van der Waals surface area contributed by atoms with Gasteiger partial charge in [-0.3, -0.25) is 0 Å². The van der Waals surface area contributed by atoms with Crippen molar-refractivity contribution in [1.29, 1.82) is 0 Å². The normalized spacial score (nSPS) is 16.0. The van der Waals surface area contributed by atoms with Crippen molar-refractivity contribution in [2.45, 2.75) is 49.9 Å². The SMILES string of the molecule is Bc1cccc([C@](Cc2ccccc2)(NC(=O)NC2CCCC2)c2cc(F)cc(C(F)(F)F)c2)c1. The zero-order valence-electron chi connectivity index (χ0n) is 19.5. The summed E-state index contributed by atoms with van der Waals surface area (Å²) in [5.41, 5.74) is -0.297. The van der Waals surface area contributed by atoms with E-state index >= 15 is 0 Å². The molecule has 8 heteroatoms. The van der Waals surface area contributed by atoms with Gasteiger partial charge in [0.05, 0.1) is 11.1 Å². The number of hydrogen-bond donors (Lipinski definition) is 2. The van der Waals surface area contributed by atoms with Crippen LogP contribution in [0.5, 0.6) is 0 Å². The number of halogens is 4. The largest absolute Gasteiger partial charge is 0.416 e. The molecule has 35 heavy (non-hydrogen) atoms. The molecule has 0 aliphatic heterocycles. The molecule has 2 amide bonds. The summed E-state index contributed by atoms with van der Waals surface area (Å²) < 4.78 is 55.7. The summed E-state index contributed by atoms with van der Waals surface area (Å²) in [5, 5.41) is 5.96. The van der Waals surface area contributed by atoms with E-state index in [1.807, 2.05) is 50.3 Å². The van der Waals surface area contributed by atoms with E-state index in [1.165, 1.54) is 0 Å². The maximum atomic E-state index is 14.7. The first kappa shape index (κ1) is 24.8. The van der Waals surface area contributed by atoms with Gasteiger partial charge in [-0.15, -0.1) is 0 Å². The maximum Gasteiger partial charge on any atom is 0.416 e. The second kappa shape index (κ2) is 10.1. The van der Waals surface area contributed by atoms with Crippen LogP contribution >= 0.6 is 0 Å². The Balaban J connectivity index is 1.90. The van der Waals surface area contributed by atoms with Crippen LogP contribution in [0.3, 0.4) is 0 Å². The predicted molar refractivity (Wildman–Crippen MR) is 131 cm³/mol. The number of hydrogen-bond acceptors (Lipinski definition) is 1. The van der Waals surface area contributed by atoms with Gasteiger partial charge in [0.15, 0.2) is 0 Å². The summed E-state index contributed by atoms with van der Waals surface area (Å²) in [6.07, 6.45) is -0.888. The van der Waals surface area contributed by atoms with Crippen molar-refractivity contribution in [3.05, 3.63) is 101 Å². The molecule has 3 aromatic carbocycles. The van der Waals surface area contributed by atoms with E-state index in [9.17, 15) is 22.4 Å². The van der Waals surface area contributed by atoms with Crippen molar-refractivity contribution < 1.29 is 22.4 Å². The quantitative estimate of drug-likeness (QED) is 0.384. The van der Waals surface area contributed by atoms with Crippen molar-refractivity contribution in [1.82, 2.24) is 10.6 Å². The summed E-state index contributed by atoms with van der Waals surface area (Å²) in [6, 6.07) is 18.4. The van der Waals surface area contributed by atoms with Crippen molar-refractivity contribution in [2.75, 3.05) is 0 Å². The minimum absolute atomic E-state index is 0.000167. The Morgan fingerprint density at radius 3 is 2.23 bits per heavy atom. The lowest BCUT2D eigenvalue weighted by Crippen LogP contribution is -2.54. The number of benzene rings is 3. The van der Waals surface area contributed by atoms with Crippen LogP contribution < -0.4 is 16.1 Å². The van der Waals surface area contributed by atoms with Gasteiger partial charge in [0.25, 0.3) is 0 Å². The number of alkyl halides is 3. The highest BCUT2D eigenvalue weighted by Gasteiger charge is 2.40. The van der Waals surface area contributed by atoms with Crippen molar-refractivity contribution in [3.8, 4) is 0 Å². The number of carbonyl (C=O) groups excluding carboxylic acids is 1. The summed E-state index contributed by atoms with van der Waals surface area (Å²) >= 11 is 0. The highest BCUT2D eigenvalue weighted by molar-refractivity contribution is 6.32. The first-order valence-corrected chi connectivity index (χ1v) is 11.7. The minimum atomic E-state index is -4.74. The summed E-state index contributed by atoms with van der Waals surface area (Å²) in [7, 11) is 1.86. The standard InChI is InChI=1S/C27H27BF4N2O/c28-22-10-6-9-19(14-22)26(17-18-7-2-1-3-8-18,34-25(35)33-24-11-4-5-12-24)20-13-21(27(30,31)32)16-23(29)15-20/h1-3,6-10,13-16,24H,4-5,11-12,17,28H2,(H2,33,34,35)/t26-/m0/s1. The van der Waals surface area contributed by atoms with Gasteiger partial charge in [0, 0.05) is 12.5 Å². The third kappa shape index (κ3) is 5.86. The zero-order valence-corrected chi connectivity index (χ0v) is 19.5. The van der Waals surface area contributed by atoms with Crippen molar-refractivity contribution >= 4 is 19.3 Å². The van der Waals surface area contributed by atoms with E-state index in [4.69, 9.17) is 0 Å². The molecule has 1 fully saturated rings. The molecular formula is C27H27BF4N2O. The van der Waals surface area contributed by atoms with Gasteiger partial charge in [0.2, 0.25) is 0 Å². The van der Waals surface area contributed by atoms with Crippen LogP contribution in [0.4, 0.5) is 22.4 Å². The molecule has 0 aromatic heterocycles. The number of carbonyl (C=O) groups is 1. The van der Waals surface area contributed by atoms with E-state index in [2.05, 4.69) is 10.6 Å². The molecule has 1 atom stereocenters. The molecule has 0 unspecified atom stereocenters. The van der Waals surface area contributed by atoms with Crippen LogP contribution in [-0.2, 0) is 18.1 Å². The second-order valence-electron chi connectivity index (χ2n) is 9.24. The molecule has 0 bridgehead atoms. The van der Waals surface area contributed by atoms with Crippen LogP contribution in [-0.4, -0.2) is 19.9 Å². The Bertz CT molecular complexity index is 1180. The lowest BCUT2D eigenvalue weighted by Gasteiger charge is -2.37. The third-order valence-corrected chi connectivity index (χ3v) is 6.56. The molecule has 4 rings (SSSR count). The Morgan fingerprint density at radius 2 is 1.57 bits per heavy atom. The van der Waals surface area contributed by atoms with Gasteiger partial charge in [-0.1, -0.05) is 72.9 Å². The number of urea groups is 1. The Hall–Kier alpha value is -3.29. The van der Waals surface area contributed by atoms with E-state index < -0.39 is 29.1 Å². The predicted octanol–water partition coefficient (Wildman–Crippen LogP) is 4.83. The van der Waals surface area contributed by atoms with Gasteiger partial charge in [-0.25, -0.2) is 9.18 Å². The van der Waals surface area contributed by atoms with E-state index in [-0.39, 0.29) is 18.0 Å². The van der Waals surface area contributed by atoms with E-state index in [0.29, 0.717) is 11.6 Å². The zero-order chi connectivity index (χ0) is 25.1. The molecule has 2 N–H and O–H groups in total. The van der Waals surface area contributed by atoms with Crippen LogP contribution in [0.15, 0.2) is 72.8 Å². The van der Waals surface area contributed by atoms with E-state index in [0.717, 1.165) is 48.8 Å². The van der Waals surface area contributed by atoms with Crippen LogP contribution in [0.25, 0.3) is 0 Å². The molecule has 0 heterocycles. The first-order valence-electron chi connectivity index (χ1n) is 11.7. The highest BCUT2D eigenvalue weighted by atomic mass is 19.4. The molecule has 3 aromatic rings. The lowest BCUT2D eigenvalue weighted by atomic mass is 9.76. The average Bonchev–Trinajstić information content (AvgIpc) is 3.31. The molecule has 182 valence electrons. The Morgan fingerprint density at radius 1 is 0.886 bits per heavy atom. The third-order valence-electron chi connectivity index (χ3n) is 6.56. The monoisotopic (exact) mass is 482 g/mol. The summed E-state index contributed by atoms with van der Waals surface area (Å²) in [5.74, 6) is -1.02. The molecule has 0 radical (unpaired) electrons. The fourth-order valence-corrected chi connectivity index (χ4v) is 4.86. The van der Waals surface area contributed by atoms with Gasteiger partial charge in [-0.05, 0) is 47.7 Å². The molecular weight excluding hydrogens is 455 g/mol. The average molecular weight is 482 g/mol. The van der Waals surface area contributed by atoms with Gasteiger partial charge in [-0.2, -0.15) is 13.2 Å². The number of rotatable bonds is 6. The molecule has 0 spiro atoms. The fourth-order valence-electron chi connectivity index (χ4n) is 4.86. The molecule has 1 aliphatic rings. The summed E-state index contributed by atoms with van der Waals surface area (Å²) in [4.78, 5) is 13.3. The summed E-state index contributed by atoms with van der Waals surface area (Å²) in [6.45, 7) is 0. The topological polar surface area (TPSA) is 41.1 Å². The van der Waals surface area contributed by atoms with Gasteiger partial charge < -0.3 is 10.6 Å². The number of nitrogens with one attached hydrogen (secondary N) is 2. The molecule has 1 aliphatic carbocycles. The number of amides is 2. The van der Waals surface area contributed by atoms with Crippen molar-refractivity contribution in [3.63, 3.8) is 0 Å². The van der Waals surface area contributed by atoms with Crippen LogP contribution in [0.2, 0.25) is 0 Å². The maximum absolute atomic E-state index is 14.7. The Labute approximate surface area is 203 Å². The van der Waals surface area contributed by atoms with Crippen LogP contribution in [0, 0.1) is 5.82 Å². The van der Waals surface area contributed by atoms with Crippen LogP contribution in [0.1, 0.15) is 47.9 Å².